The monoisotopic (exact) mass is 114 g/mol. The minimum Gasteiger partial charge on any atom is -0.342 e. The van der Waals surface area contributed by atoms with Crippen LogP contribution in [0, 0.1) is 0 Å². The molecule has 44 valence electrons. The summed E-state index contributed by atoms with van der Waals surface area (Å²) in [6.07, 6.45) is 1.79. The molecule has 0 bridgehead atoms. The average molecular weight is 114 g/mol. The SMILES string of the molecule is COOC1=CC(=O)C1. The van der Waals surface area contributed by atoms with Crippen molar-refractivity contribution in [3.63, 3.8) is 0 Å². The fourth-order valence-corrected chi connectivity index (χ4v) is 0.483. The van der Waals surface area contributed by atoms with Crippen LogP contribution in [-0.4, -0.2) is 12.9 Å². The highest BCUT2D eigenvalue weighted by Crippen LogP contribution is 2.14. The molecule has 0 fully saturated rings. The lowest BCUT2D eigenvalue weighted by Crippen LogP contribution is -2.10. The lowest BCUT2D eigenvalue weighted by Gasteiger charge is -2.09. The maximum atomic E-state index is 10.2. The molecule has 8 heavy (non-hydrogen) atoms. The van der Waals surface area contributed by atoms with Crippen LogP contribution in [0.25, 0.3) is 0 Å². The van der Waals surface area contributed by atoms with Gasteiger partial charge in [0.1, 0.15) is 0 Å². The maximum absolute atomic E-state index is 10.2. The van der Waals surface area contributed by atoms with Crippen molar-refractivity contribution in [3.05, 3.63) is 11.8 Å². The lowest BCUT2D eigenvalue weighted by atomic mass is 10.1. The van der Waals surface area contributed by atoms with Gasteiger partial charge >= 0.3 is 0 Å². The third-order valence-corrected chi connectivity index (χ3v) is 0.861. The lowest BCUT2D eigenvalue weighted by molar-refractivity contribution is -0.241. The summed E-state index contributed by atoms with van der Waals surface area (Å²) in [5, 5.41) is 0. The molecular formula is C5H6O3. The van der Waals surface area contributed by atoms with Gasteiger partial charge in [-0.25, -0.2) is 0 Å². The Balaban J connectivity index is 2.31. The summed E-state index contributed by atoms with van der Waals surface area (Å²) < 4.78 is 0. The zero-order valence-corrected chi connectivity index (χ0v) is 4.51. The van der Waals surface area contributed by atoms with E-state index in [1.165, 1.54) is 13.2 Å². The molecule has 1 rings (SSSR count). The van der Waals surface area contributed by atoms with E-state index in [0.717, 1.165) is 0 Å². The third kappa shape index (κ3) is 0.869. The van der Waals surface area contributed by atoms with Crippen molar-refractivity contribution >= 4 is 5.78 Å². The molecule has 0 aromatic carbocycles. The first-order valence-corrected chi connectivity index (χ1v) is 2.27. The van der Waals surface area contributed by atoms with Crippen molar-refractivity contribution in [3.8, 4) is 0 Å². The standard InChI is InChI=1S/C5H6O3/c1-7-8-5-2-4(6)3-5/h2H,3H2,1H3. The Hall–Kier alpha value is -0.830. The van der Waals surface area contributed by atoms with E-state index in [4.69, 9.17) is 0 Å². The second-order valence-electron chi connectivity index (χ2n) is 1.50. The zero-order chi connectivity index (χ0) is 5.98. The van der Waals surface area contributed by atoms with Crippen LogP contribution in [0.2, 0.25) is 0 Å². The van der Waals surface area contributed by atoms with Gasteiger partial charge in [0, 0.05) is 6.08 Å². The van der Waals surface area contributed by atoms with Crippen molar-refractivity contribution < 1.29 is 14.6 Å². The molecule has 0 N–H and O–H groups in total. The largest absolute Gasteiger partial charge is 0.342 e. The van der Waals surface area contributed by atoms with Crippen molar-refractivity contribution in [2.24, 2.45) is 0 Å². The molecule has 0 saturated carbocycles. The first kappa shape index (κ1) is 5.31. The molecule has 0 aromatic rings. The van der Waals surface area contributed by atoms with Crippen LogP contribution in [0.1, 0.15) is 6.42 Å². The number of carbonyl (C=O) groups is 1. The topological polar surface area (TPSA) is 35.5 Å². The number of hydrogen-bond donors (Lipinski definition) is 0. The number of rotatable bonds is 2. The van der Waals surface area contributed by atoms with Crippen LogP contribution in [0.15, 0.2) is 11.8 Å². The van der Waals surface area contributed by atoms with Crippen molar-refractivity contribution in [1.29, 1.82) is 0 Å². The van der Waals surface area contributed by atoms with E-state index in [9.17, 15) is 4.79 Å². The van der Waals surface area contributed by atoms with Crippen LogP contribution in [0.5, 0.6) is 0 Å². The van der Waals surface area contributed by atoms with Gasteiger partial charge in [0.05, 0.1) is 13.5 Å². The normalized spacial score (nSPS) is 17.1. The van der Waals surface area contributed by atoms with E-state index in [1.54, 1.807) is 0 Å². The van der Waals surface area contributed by atoms with Crippen LogP contribution >= 0.6 is 0 Å². The predicted molar refractivity (Wildman–Crippen MR) is 25.8 cm³/mol. The van der Waals surface area contributed by atoms with E-state index in [1.807, 2.05) is 0 Å². The number of hydrogen-bond acceptors (Lipinski definition) is 3. The van der Waals surface area contributed by atoms with Crippen LogP contribution in [0.3, 0.4) is 0 Å². The molecule has 0 aromatic heterocycles. The van der Waals surface area contributed by atoms with Gasteiger partial charge in [0.25, 0.3) is 0 Å². The highest BCUT2D eigenvalue weighted by Gasteiger charge is 2.16. The summed E-state index contributed by atoms with van der Waals surface area (Å²) in [4.78, 5) is 18.9. The molecule has 0 atom stereocenters. The molecule has 0 spiro atoms. The third-order valence-electron chi connectivity index (χ3n) is 0.861. The number of carbonyl (C=O) groups excluding carboxylic acids is 1. The van der Waals surface area contributed by atoms with Crippen LogP contribution in [-0.2, 0) is 14.6 Å². The van der Waals surface area contributed by atoms with Crippen molar-refractivity contribution in [2.45, 2.75) is 6.42 Å². The van der Waals surface area contributed by atoms with E-state index >= 15 is 0 Å². The average Bonchev–Trinajstić information content (AvgIpc) is 1.64. The molecule has 1 aliphatic carbocycles. The van der Waals surface area contributed by atoms with Crippen LogP contribution in [0.4, 0.5) is 0 Å². The van der Waals surface area contributed by atoms with E-state index in [0.29, 0.717) is 12.2 Å². The highest BCUT2D eigenvalue weighted by atomic mass is 17.2. The van der Waals surface area contributed by atoms with E-state index in [2.05, 4.69) is 9.78 Å². The first-order valence-electron chi connectivity index (χ1n) is 2.27. The molecule has 0 radical (unpaired) electrons. The predicted octanol–water partition coefficient (Wildman–Crippen LogP) is 0.421. The summed E-state index contributed by atoms with van der Waals surface area (Å²) in [6.45, 7) is 0. The Morgan fingerprint density at radius 3 is 2.75 bits per heavy atom. The summed E-state index contributed by atoms with van der Waals surface area (Å²) in [7, 11) is 1.41. The maximum Gasteiger partial charge on any atom is 0.166 e. The Labute approximate surface area is 46.8 Å². The highest BCUT2D eigenvalue weighted by molar-refractivity contribution is 5.97. The number of ketones is 1. The molecule has 1 aliphatic rings. The van der Waals surface area contributed by atoms with Crippen molar-refractivity contribution in [1.82, 2.24) is 0 Å². The molecule has 0 saturated heterocycles. The summed E-state index contributed by atoms with van der Waals surface area (Å²) in [5.41, 5.74) is 0. The smallest absolute Gasteiger partial charge is 0.166 e. The summed E-state index contributed by atoms with van der Waals surface area (Å²) >= 11 is 0. The Morgan fingerprint density at radius 1 is 1.75 bits per heavy atom. The van der Waals surface area contributed by atoms with Gasteiger partial charge in [-0.05, 0) is 0 Å². The molecule has 3 heteroatoms. The molecular weight excluding hydrogens is 108 g/mol. The minimum atomic E-state index is 0.0945. The van der Waals surface area contributed by atoms with Gasteiger partial charge in [-0.1, -0.05) is 0 Å². The first-order chi connectivity index (χ1) is 3.83. The minimum absolute atomic E-state index is 0.0945. The molecule has 0 unspecified atom stereocenters. The molecule has 0 aliphatic heterocycles. The van der Waals surface area contributed by atoms with Gasteiger partial charge in [-0.15, -0.1) is 0 Å². The Kier molecular flexibility index (Phi) is 1.30. The quantitative estimate of drug-likeness (QED) is 0.385. The van der Waals surface area contributed by atoms with E-state index in [-0.39, 0.29) is 5.78 Å². The zero-order valence-electron chi connectivity index (χ0n) is 4.51. The fourth-order valence-electron chi connectivity index (χ4n) is 0.483. The fraction of sp³-hybridized carbons (Fsp3) is 0.400. The van der Waals surface area contributed by atoms with Gasteiger partial charge in [0.15, 0.2) is 11.5 Å². The number of allylic oxidation sites excluding steroid dienone is 2. The van der Waals surface area contributed by atoms with Gasteiger partial charge in [-0.3, -0.25) is 4.79 Å². The summed E-state index contributed by atoms with van der Waals surface area (Å²) in [6, 6.07) is 0. The van der Waals surface area contributed by atoms with E-state index < -0.39 is 0 Å². The second-order valence-corrected chi connectivity index (χ2v) is 1.50. The van der Waals surface area contributed by atoms with Gasteiger partial charge in [0.2, 0.25) is 0 Å². The Bertz CT molecular complexity index is 137. The van der Waals surface area contributed by atoms with Crippen LogP contribution < -0.4 is 0 Å². The van der Waals surface area contributed by atoms with Crippen molar-refractivity contribution in [2.75, 3.05) is 7.11 Å². The molecule has 0 heterocycles. The Morgan fingerprint density at radius 2 is 2.38 bits per heavy atom. The molecule has 3 nitrogen and oxygen atoms in total. The van der Waals surface area contributed by atoms with Gasteiger partial charge < -0.3 is 4.89 Å². The summed E-state index contributed by atoms with van der Waals surface area (Å²) in [5.74, 6) is 0.703. The second kappa shape index (κ2) is 1.96. The van der Waals surface area contributed by atoms with Gasteiger partial charge in [-0.2, -0.15) is 4.89 Å². The molecule has 0 amide bonds.